The SMILES string of the molecule is O=C(NCCSc1ncc(-c2ccc(F)cc2)[nH]1)c1cccc(C(F)(F)F)c1. The molecule has 0 bridgehead atoms. The Labute approximate surface area is 162 Å². The van der Waals surface area contributed by atoms with Crippen molar-refractivity contribution in [2.75, 3.05) is 12.3 Å². The van der Waals surface area contributed by atoms with Crippen molar-refractivity contribution in [1.82, 2.24) is 15.3 Å². The second-order valence-corrected chi connectivity index (χ2v) is 6.88. The molecule has 0 aliphatic rings. The maximum Gasteiger partial charge on any atom is 0.416 e. The van der Waals surface area contributed by atoms with Crippen LogP contribution in [0.4, 0.5) is 17.6 Å². The van der Waals surface area contributed by atoms with Gasteiger partial charge in [0.15, 0.2) is 5.16 Å². The molecule has 3 aromatic rings. The molecule has 1 aromatic heterocycles. The lowest BCUT2D eigenvalue weighted by molar-refractivity contribution is -0.137. The van der Waals surface area contributed by atoms with E-state index in [1.807, 2.05) is 0 Å². The Balaban J connectivity index is 1.50. The highest BCUT2D eigenvalue weighted by Gasteiger charge is 2.30. The van der Waals surface area contributed by atoms with E-state index >= 15 is 0 Å². The molecule has 146 valence electrons. The standard InChI is InChI=1S/C19H15F4N3OS/c20-15-6-4-12(5-7-15)16-11-25-18(26-16)28-9-8-24-17(27)13-2-1-3-14(10-13)19(21,22)23/h1-7,10-11H,8-9H2,(H,24,27)(H,25,26). The Hall–Kier alpha value is -2.81. The number of rotatable bonds is 6. The lowest BCUT2D eigenvalue weighted by Gasteiger charge is -2.09. The summed E-state index contributed by atoms with van der Waals surface area (Å²) >= 11 is 1.35. The number of carbonyl (C=O) groups is 1. The van der Waals surface area contributed by atoms with E-state index in [1.165, 1.54) is 36.0 Å². The fourth-order valence-corrected chi connectivity index (χ4v) is 3.11. The molecule has 0 atom stereocenters. The number of thioether (sulfide) groups is 1. The van der Waals surface area contributed by atoms with Crippen LogP contribution in [0.25, 0.3) is 11.3 Å². The van der Waals surface area contributed by atoms with Gasteiger partial charge in [-0.1, -0.05) is 17.8 Å². The van der Waals surface area contributed by atoms with Crippen molar-refractivity contribution >= 4 is 17.7 Å². The average molecular weight is 409 g/mol. The topological polar surface area (TPSA) is 57.8 Å². The fraction of sp³-hybridized carbons (Fsp3) is 0.158. The van der Waals surface area contributed by atoms with Gasteiger partial charge in [0.1, 0.15) is 5.82 Å². The molecule has 0 saturated carbocycles. The summed E-state index contributed by atoms with van der Waals surface area (Å²) < 4.78 is 51.1. The van der Waals surface area contributed by atoms with E-state index in [4.69, 9.17) is 0 Å². The summed E-state index contributed by atoms with van der Waals surface area (Å²) in [5.41, 5.74) is 0.615. The molecular weight excluding hydrogens is 394 g/mol. The van der Waals surface area contributed by atoms with Gasteiger partial charge in [0.25, 0.3) is 5.91 Å². The van der Waals surface area contributed by atoms with Gasteiger partial charge in [-0.2, -0.15) is 13.2 Å². The third-order valence-corrected chi connectivity index (χ3v) is 4.68. The van der Waals surface area contributed by atoms with E-state index in [1.54, 1.807) is 18.3 Å². The third kappa shape index (κ3) is 5.13. The first-order valence-corrected chi connectivity index (χ1v) is 9.21. The quantitative estimate of drug-likeness (QED) is 0.351. The number of hydrogen-bond acceptors (Lipinski definition) is 3. The van der Waals surface area contributed by atoms with Crippen molar-refractivity contribution in [2.45, 2.75) is 11.3 Å². The molecule has 0 spiro atoms. The smallest absolute Gasteiger partial charge is 0.351 e. The van der Waals surface area contributed by atoms with Crippen molar-refractivity contribution in [3.05, 3.63) is 71.7 Å². The number of H-pyrrole nitrogens is 1. The largest absolute Gasteiger partial charge is 0.416 e. The molecule has 0 fully saturated rings. The van der Waals surface area contributed by atoms with E-state index in [0.717, 1.165) is 23.4 Å². The molecule has 9 heteroatoms. The molecular formula is C19H15F4N3OS. The number of imidazole rings is 1. The van der Waals surface area contributed by atoms with Crippen molar-refractivity contribution in [2.24, 2.45) is 0 Å². The third-order valence-electron chi connectivity index (χ3n) is 3.79. The van der Waals surface area contributed by atoms with Crippen LogP contribution < -0.4 is 5.32 Å². The van der Waals surface area contributed by atoms with Crippen LogP contribution in [0.1, 0.15) is 15.9 Å². The second kappa shape index (κ2) is 8.47. The molecule has 2 N–H and O–H groups in total. The van der Waals surface area contributed by atoms with Crippen LogP contribution in [-0.4, -0.2) is 28.2 Å². The Morgan fingerprint density at radius 3 is 2.61 bits per heavy atom. The fourth-order valence-electron chi connectivity index (χ4n) is 2.40. The summed E-state index contributed by atoms with van der Waals surface area (Å²) in [5.74, 6) is -0.423. The maximum atomic E-state index is 13.0. The molecule has 1 amide bonds. The van der Waals surface area contributed by atoms with Gasteiger partial charge in [0.05, 0.1) is 17.5 Å². The zero-order chi connectivity index (χ0) is 20.1. The highest BCUT2D eigenvalue weighted by atomic mass is 32.2. The number of benzene rings is 2. The van der Waals surface area contributed by atoms with Gasteiger partial charge in [-0.15, -0.1) is 0 Å². The minimum atomic E-state index is -4.49. The minimum absolute atomic E-state index is 0.0450. The Kier molecular flexibility index (Phi) is 6.03. The average Bonchev–Trinajstić information content (AvgIpc) is 3.14. The lowest BCUT2D eigenvalue weighted by Crippen LogP contribution is -2.26. The monoisotopic (exact) mass is 409 g/mol. The van der Waals surface area contributed by atoms with Crippen LogP contribution in [0.2, 0.25) is 0 Å². The number of halogens is 4. The lowest BCUT2D eigenvalue weighted by atomic mass is 10.1. The maximum absolute atomic E-state index is 13.0. The molecule has 0 aliphatic carbocycles. The number of aromatic nitrogens is 2. The number of aromatic amines is 1. The summed E-state index contributed by atoms with van der Waals surface area (Å²) in [7, 11) is 0. The van der Waals surface area contributed by atoms with Crippen LogP contribution in [0.15, 0.2) is 59.9 Å². The highest BCUT2D eigenvalue weighted by molar-refractivity contribution is 7.99. The molecule has 0 saturated heterocycles. The molecule has 2 aromatic carbocycles. The van der Waals surface area contributed by atoms with E-state index in [0.29, 0.717) is 10.9 Å². The first kappa shape index (κ1) is 19.9. The number of alkyl halides is 3. The molecule has 1 heterocycles. The van der Waals surface area contributed by atoms with Gasteiger partial charge in [0, 0.05) is 17.9 Å². The van der Waals surface area contributed by atoms with E-state index < -0.39 is 17.6 Å². The number of nitrogens with one attached hydrogen (secondary N) is 2. The van der Waals surface area contributed by atoms with Crippen LogP contribution in [0.5, 0.6) is 0 Å². The summed E-state index contributed by atoms with van der Waals surface area (Å²) in [6.45, 7) is 0.256. The zero-order valence-corrected chi connectivity index (χ0v) is 15.2. The zero-order valence-electron chi connectivity index (χ0n) is 14.4. The molecule has 4 nitrogen and oxygen atoms in total. The van der Waals surface area contributed by atoms with Gasteiger partial charge in [0.2, 0.25) is 0 Å². The number of carbonyl (C=O) groups excluding carboxylic acids is 1. The van der Waals surface area contributed by atoms with Crippen LogP contribution in [0.3, 0.4) is 0 Å². The van der Waals surface area contributed by atoms with Crippen molar-refractivity contribution < 1.29 is 22.4 Å². The van der Waals surface area contributed by atoms with Crippen LogP contribution >= 0.6 is 11.8 Å². The van der Waals surface area contributed by atoms with Crippen molar-refractivity contribution in [3.63, 3.8) is 0 Å². The highest BCUT2D eigenvalue weighted by Crippen LogP contribution is 2.29. The Morgan fingerprint density at radius 1 is 1.14 bits per heavy atom. The van der Waals surface area contributed by atoms with Crippen molar-refractivity contribution in [3.8, 4) is 11.3 Å². The van der Waals surface area contributed by atoms with E-state index in [-0.39, 0.29) is 17.9 Å². The summed E-state index contributed by atoms with van der Waals surface area (Å²) in [4.78, 5) is 19.3. The summed E-state index contributed by atoms with van der Waals surface area (Å²) in [6, 6.07) is 10.2. The predicted octanol–water partition coefficient (Wildman–Crippen LogP) is 4.76. The minimum Gasteiger partial charge on any atom is -0.351 e. The van der Waals surface area contributed by atoms with Crippen LogP contribution in [-0.2, 0) is 6.18 Å². The van der Waals surface area contributed by atoms with Gasteiger partial charge in [-0.05, 0) is 48.0 Å². The second-order valence-electron chi connectivity index (χ2n) is 5.79. The molecule has 0 radical (unpaired) electrons. The van der Waals surface area contributed by atoms with E-state index in [2.05, 4.69) is 15.3 Å². The van der Waals surface area contributed by atoms with Gasteiger partial charge < -0.3 is 10.3 Å². The van der Waals surface area contributed by atoms with Crippen LogP contribution in [0, 0.1) is 5.82 Å². The summed E-state index contributed by atoms with van der Waals surface area (Å²) in [5, 5.41) is 3.20. The number of hydrogen-bond donors (Lipinski definition) is 2. The van der Waals surface area contributed by atoms with Gasteiger partial charge >= 0.3 is 6.18 Å². The first-order chi connectivity index (χ1) is 13.3. The first-order valence-electron chi connectivity index (χ1n) is 8.22. The number of nitrogens with zero attached hydrogens (tertiary/aromatic N) is 1. The molecule has 0 aliphatic heterocycles. The molecule has 3 rings (SSSR count). The molecule has 0 unspecified atom stereocenters. The Morgan fingerprint density at radius 2 is 1.89 bits per heavy atom. The Bertz CT molecular complexity index is 954. The summed E-state index contributed by atoms with van der Waals surface area (Å²) in [6.07, 6.45) is -2.87. The normalized spacial score (nSPS) is 11.4. The van der Waals surface area contributed by atoms with Crippen molar-refractivity contribution in [1.29, 1.82) is 0 Å². The van der Waals surface area contributed by atoms with E-state index in [9.17, 15) is 22.4 Å². The van der Waals surface area contributed by atoms with Gasteiger partial charge in [-0.25, -0.2) is 9.37 Å². The molecule has 28 heavy (non-hydrogen) atoms. The van der Waals surface area contributed by atoms with Gasteiger partial charge in [-0.3, -0.25) is 4.79 Å². The number of amides is 1. The predicted molar refractivity (Wildman–Crippen MR) is 98.5 cm³/mol.